The number of rotatable bonds is 5. The third-order valence-corrected chi connectivity index (χ3v) is 5.13. The molecule has 7 heteroatoms. The normalized spacial score (nSPS) is 10.4. The topological polar surface area (TPSA) is 87.3 Å². The van der Waals surface area contributed by atoms with Crippen LogP contribution in [0.3, 0.4) is 0 Å². The van der Waals surface area contributed by atoms with Gasteiger partial charge in [-0.25, -0.2) is 0 Å². The Labute approximate surface area is 172 Å². The summed E-state index contributed by atoms with van der Waals surface area (Å²) in [5.41, 5.74) is 7.10. The van der Waals surface area contributed by atoms with Crippen LogP contribution in [0.1, 0.15) is 56.4 Å². The number of amides is 3. The average Bonchev–Trinajstić information content (AvgIpc) is 3.20. The van der Waals surface area contributed by atoms with Gasteiger partial charge in [-0.15, -0.1) is 11.3 Å². The zero-order valence-corrected chi connectivity index (χ0v) is 16.9. The van der Waals surface area contributed by atoms with Crippen molar-refractivity contribution in [2.75, 3.05) is 5.32 Å². The van der Waals surface area contributed by atoms with Crippen molar-refractivity contribution in [1.29, 1.82) is 0 Å². The van der Waals surface area contributed by atoms with Crippen LogP contribution in [0.25, 0.3) is 0 Å². The zero-order chi connectivity index (χ0) is 20.8. The van der Waals surface area contributed by atoms with Crippen molar-refractivity contribution in [1.82, 2.24) is 10.9 Å². The Kier molecular flexibility index (Phi) is 6.41. The van der Waals surface area contributed by atoms with E-state index in [1.807, 2.05) is 12.1 Å². The number of benzene rings is 2. The molecule has 0 saturated heterocycles. The molecule has 0 saturated carbocycles. The lowest BCUT2D eigenvalue weighted by molar-refractivity contribution is 0.0847. The molecule has 6 nitrogen and oxygen atoms in total. The highest BCUT2D eigenvalue weighted by Gasteiger charge is 2.17. The predicted molar refractivity (Wildman–Crippen MR) is 114 cm³/mol. The van der Waals surface area contributed by atoms with Gasteiger partial charge in [0.25, 0.3) is 17.7 Å². The maximum Gasteiger partial charge on any atom is 0.272 e. The number of carbonyl (C=O) groups excluding carboxylic acids is 3. The van der Waals surface area contributed by atoms with E-state index in [1.165, 1.54) is 11.3 Å². The Bertz CT molecular complexity index is 1010. The minimum atomic E-state index is -0.513. The second kappa shape index (κ2) is 9.16. The zero-order valence-electron chi connectivity index (χ0n) is 16.1. The van der Waals surface area contributed by atoms with Crippen molar-refractivity contribution in [2.45, 2.75) is 19.8 Å². The van der Waals surface area contributed by atoms with Crippen LogP contribution in [0.5, 0.6) is 0 Å². The van der Waals surface area contributed by atoms with E-state index < -0.39 is 11.8 Å². The third kappa shape index (κ3) is 5.08. The van der Waals surface area contributed by atoms with Crippen molar-refractivity contribution in [3.63, 3.8) is 0 Å². The lowest BCUT2D eigenvalue weighted by atomic mass is 10.0. The van der Waals surface area contributed by atoms with Gasteiger partial charge in [-0.3, -0.25) is 25.2 Å². The van der Waals surface area contributed by atoms with Gasteiger partial charge < -0.3 is 5.32 Å². The molecule has 1 aromatic heterocycles. The summed E-state index contributed by atoms with van der Waals surface area (Å²) in [4.78, 5) is 37.0. The number of hydrazine groups is 1. The molecule has 3 aromatic rings. The SMILES string of the molecule is CC(C)c1ccc(C(=O)Nc2sccc2C(=O)NNC(=O)c2ccccc2)cc1. The molecule has 0 aliphatic heterocycles. The second-order valence-corrected chi connectivity index (χ2v) is 7.58. The molecule has 3 rings (SSSR count). The van der Waals surface area contributed by atoms with Gasteiger partial charge in [0.15, 0.2) is 0 Å². The van der Waals surface area contributed by atoms with E-state index in [0.717, 1.165) is 5.56 Å². The fourth-order valence-corrected chi connectivity index (χ4v) is 3.40. The summed E-state index contributed by atoms with van der Waals surface area (Å²) in [7, 11) is 0. The molecule has 0 spiro atoms. The summed E-state index contributed by atoms with van der Waals surface area (Å²) in [6.45, 7) is 4.17. The summed E-state index contributed by atoms with van der Waals surface area (Å²) >= 11 is 1.23. The Balaban J connectivity index is 1.63. The smallest absolute Gasteiger partial charge is 0.272 e. The first-order chi connectivity index (χ1) is 14.0. The summed E-state index contributed by atoms with van der Waals surface area (Å²) < 4.78 is 0. The monoisotopic (exact) mass is 407 g/mol. The van der Waals surface area contributed by atoms with Crippen LogP contribution in [-0.4, -0.2) is 17.7 Å². The van der Waals surface area contributed by atoms with Gasteiger partial charge in [-0.2, -0.15) is 0 Å². The number of anilines is 1. The predicted octanol–water partition coefficient (Wildman–Crippen LogP) is 4.20. The fraction of sp³-hybridized carbons (Fsp3) is 0.136. The summed E-state index contributed by atoms with van der Waals surface area (Å²) in [5, 5.41) is 4.87. The first-order valence-electron chi connectivity index (χ1n) is 9.10. The standard InChI is InChI=1S/C22H21N3O3S/c1-14(2)15-8-10-17(11-9-15)19(26)23-22-18(12-13-29-22)21(28)25-24-20(27)16-6-4-3-5-7-16/h3-14H,1-2H3,(H,23,26)(H,24,27)(H,25,28). The Morgan fingerprint density at radius 1 is 0.759 bits per heavy atom. The summed E-state index contributed by atoms with van der Waals surface area (Å²) in [5.74, 6) is -0.859. The van der Waals surface area contributed by atoms with Gasteiger partial charge in [-0.1, -0.05) is 44.2 Å². The number of hydrogen-bond donors (Lipinski definition) is 3. The molecule has 0 atom stereocenters. The van der Waals surface area contributed by atoms with Crippen molar-refractivity contribution in [3.8, 4) is 0 Å². The van der Waals surface area contributed by atoms with Crippen molar-refractivity contribution in [2.24, 2.45) is 0 Å². The van der Waals surface area contributed by atoms with Gasteiger partial charge in [0.1, 0.15) is 5.00 Å². The molecule has 0 fully saturated rings. The first-order valence-corrected chi connectivity index (χ1v) is 9.98. The molecule has 1 heterocycles. The van der Waals surface area contributed by atoms with Crippen molar-refractivity contribution < 1.29 is 14.4 Å². The maximum absolute atomic E-state index is 12.5. The number of carbonyl (C=O) groups is 3. The van der Waals surface area contributed by atoms with Gasteiger partial charge in [-0.05, 0) is 47.2 Å². The highest BCUT2D eigenvalue weighted by atomic mass is 32.1. The minimum absolute atomic E-state index is 0.274. The van der Waals surface area contributed by atoms with E-state index in [-0.39, 0.29) is 11.5 Å². The lowest BCUT2D eigenvalue weighted by Crippen LogP contribution is -2.41. The Morgan fingerprint density at radius 3 is 2.03 bits per heavy atom. The largest absolute Gasteiger partial charge is 0.313 e. The molecule has 0 radical (unpaired) electrons. The molecular weight excluding hydrogens is 386 g/mol. The van der Waals surface area contributed by atoms with Gasteiger partial charge >= 0.3 is 0 Å². The van der Waals surface area contributed by atoms with Crippen LogP contribution >= 0.6 is 11.3 Å². The van der Waals surface area contributed by atoms with Crippen LogP contribution in [0.4, 0.5) is 5.00 Å². The lowest BCUT2D eigenvalue weighted by Gasteiger charge is -2.10. The van der Waals surface area contributed by atoms with Crippen LogP contribution in [0, 0.1) is 0 Å². The highest BCUT2D eigenvalue weighted by molar-refractivity contribution is 7.14. The molecule has 29 heavy (non-hydrogen) atoms. The summed E-state index contributed by atoms with van der Waals surface area (Å²) in [6, 6.07) is 17.5. The van der Waals surface area contributed by atoms with Crippen molar-refractivity contribution >= 4 is 34.1 Å². The quantitative estimate of drug-likeness (QED) is 0.554. The van der Waals surface area contributed by atoms with Gasteiger partial charge in [0.2, 0.25) is 0 Å². The molecule has 0 bridgehead atoms. The molecule has 3 N–H and O–H groups in total. The van der Waals surface area contributed by atoms with E-state index in [9.17, 15) is 14.4 Å². The molecule has 0 aliphatic rings. The molecule has 0 unspecified atom stereocenters. The Hall–Kier alpha value is -3.45. The molecule has 148 valence electrons. The van der Waals surface area contributed by atoms with Gasteiger partial charge in [0.05, 0.1) is 5.56 Å². The maximum atomic E-state index is 12.5. The number of hydrogen-bond acceptors (Lipinski definition) is 4. The van der Waals surface area contributed by atoms with Crippen LogP contribution < -0.4 is 16.2 Å². The third-order valence-electron chi connectivity index (χ3n) is 4.30. The first kappa shape index (κ1) is 20.3. The Morgan fingerprint density at radius 2 is 1.38 bits per heavy atom. The van der Waals surface area contributed by atoms with E-state index in [2.05, 4.69) is 30.0 Å². The highest BCUT2D eigenvalue weighted by Crippen LogP contribution is 2.24. The van der Waals surface area contributed by atoms with E-state index in [0.29, 0.717) is 22.0 Å². The number of thiophene rings is 1. The van der Waals surface area contributed by atoms with Crippen LogP contribution in [0.15, 0.2) is 66.0 Å². The number of nitrogens with one attached hydrogen (secondary N) is 3. The second-order valence-electron chi connectivity index (χ2n) is 6.67. The molecule has 2 aromatic carbocycles. The minimum Gasteiger partial charge on any atom is -0.313 e. The average molecular weight is 407 g/mol. The summed E-state index contributed by atoms with van der Waals surface area (Å²) in [6.07, 6.45) is 0. The van der Waals surface area contributed by atoms with E-state index >= 15 is 0 Å². The van der Waals surface area contributed by atoms with Crippen LogP contribution in [0.2, 0.25) is 0 Å². The molecule has 0 aliphatic carbocycles. The van der Waals surface area contributed by atoms with E-state index in [1.54, 1.807) is 53.9 Å². The van der Waals surface area contributed by atoms with E-state index in [4.69, 9.17) is 0 Å². The van der Waals surface area contributed by atoms with Gasteiger partial charge in [0, 0.05) is 11.1 Å². The van der Waals surface area contributed by atoms with Crippen LogP contribution in [-0.2, 0) is 0 Å². The molecular formula is C22H21N3O3S. The molecule has 3 amide bonds. The van der Waals surface area contributed by atoms with Crippen molar-refractivity contribution in [3.05, 3.63) is 88.3 Å². The fourth-order valence-electron chi connectivity index (χ4n) is 2.62.